The fourth-order valence-electron chi connectivity index (χ4n) is 0.602. The van der Waals surface area contributed by atoms with Crippen LogP contribution >= 0.6 is 63.7 Å². The molecule has 0 fully saturated rings. The van der Waals surface area contributed by atoms with Gasteiger partial charge in [0, 0.05) is 9.65 Å². The summed E-state index contributed by atoms with van der Waals surface area (Å²) in [6, 6.07) is 0. The second-order valence-corrected chi connectivity index (χ2v) is 8.50. The zero-order valence-corrected chi connectivity index (χ0v) is 15.3. The van der Waals surface area contributed by atoms with Crippen molar-refractivity contribution in [3.05, 3.63) is 0 Å². The van der Waals surface area contributed by atoms with Crippen LogP contribution in [-0.2, 0) is 9.47 Å². The molecule has 0 amide bonds. The van der Waals surface area contributed by atoms with Crippen LogP contribution < -0.4 is 0 Å². The van der Waals surface area contributed by atoms with Gasteiger partial charge in [-0.05, 0) is 0 Å². The monoisotopic (exact) mass is 486 g/mol. The first kappa shape index (κ1) is 17.2. The lowest BCUT2D eigenvalue weighted by molar-refractivity contribution is 0.0568. The minimum atomic E-state index is -0.643. The minimum absolute atomic E-state index is 0.0786. The zero-order chi connectivity index (χ0) is 12.7. The summed E-state index contributed by atoms with van der Waals surface area (Å²) in [7, 11) is 0. The second-order valence-electron chi connectivity index (χ2n) is 3.26. The van der Waals surface area contributed by atoms with E-state index in [2.05, 4.69) is 63.7 Å². The van der Waals surface area contributed by atoms with E-state index in [-0.39, 0.29) is 32.5 Å². The van der Waals surface area contributed by atoms with Gasteiger partial charge in [-0.25, -0.2) is 4.79 Å². The Morgan fingerprint density at radius 3 is 1.50 bits per heavy atom. The van der Waals surface area contributed by atoms with Crippen molar-refractivity contribution < 1.29 is 14.3 Å². The standard InChI is InChI=1S/C9H14Br4O3/c1-5(10)7(12)3-15-9(14)16-4-8(13)6(2)11/h5-8H,3-4H2,1-2H3. The summed E-state index contributed by atoms with van der Waals surface area (Å²) in [5.74, 6) is 0. The number of rotatable bonds is 6. The van der Waals surface area contributed by atoms with Gasteiger partial charge in [0.15, 0.2) is 0 Å². The minimum Gasteiger partial charge on any atom is -0.433 e. The lowest BCUT2D eigenvalue weighted by atomic mass is 10.3. The molecule has 0 aliphatic rings. The molecule has 0 heterocycles. The molecule has 4 unspecified atom stereocenters. The fourth-order valence-corrected chi connectivity index (χ4v) is 1.17. The highest BCUT2D eigenvalue weighted by Crippen LogP contribution is 2.15. The molecule has 0 aliphatic heterocycles. The van der Waals surface area contributed by atoms with E-state index in [9.17, 15) is 4.79 Å². The predicted octanol–water partition coefficient (Wildman–Crippen LogP) is 4.23. The summed E-state index contributed by atoms with van der Waals surface area (Å²) in [5, 5.41) is 0. The van der Waals surface area contributed by atoms with Crippen molar-refractivity contribution in [2.45, 2.75) is 33.2 Å². The third-order valence-corrected chi connectivity index (χ3v) is 6.53. The lowest BCUT2D eigenvalue weighted by Gasteiger charge is -2.14. The van der Waals surface area contributed by atoms with Crippen LogP contribution in [0.3, 0.4) is 0 Å². The van der Waals surface area contributed by atoms with Crippen LogP contribution in [0.4, 0.5) is 4.79 Å². The van der Waals surface area contributed by atoms with Crippen LogP contribution in [0.25, 0.3) is 0 Å². The number of halogens is 4. The lowest BCUT2D eigenvalue weighted by Crippen LogP contribution is -2.24. The number of ether oxygens (including phenoxy) is 2. The fraction of sp³-hybridized carbons (Fsp3) is 0.889. The van der Waals surface area contributed by atoms with Crippen LogP contribution in [0, 0.1) is 0 Å². The Labute approximate surface area is 130 Å². The largest absolute Gasteiger partial charge is 0.508 e. The number of hydrogen-bond acceptors (Lipinski definition) is 3. The van der Waals surface area contributed by atoms with E-state index >= 15 is 0 Å². The maximum Gasteiger partial charge on any atom is 0.508 e. The van der Waals surface area contributed by atoms with Gasteiger partial charge in [0.05, 0.1) is 9.65 Å². The number of alkyl halides is 4. The van der Waals surface area contributed by atoms with E-state index in [0.717, 1.165) is 0 Å². The Morgan fingerprint density at radius 2 is 1.25 bits per heavy atom. The molecule has 0 aromatic rings. The van der Waals surface area contributed by atoms with Gasteiger partial charge in [-0.15, -0.1) is 0 Å². The Balaban J connectivity index is 3.67. The molecule has 0 spiro atoms. The molecule has 0 radical (unpaired) electrons. The molecular formula is C9H14Br4O3. The van der Waals surface area contributed by atoms with Crippen LogP contribution in [-0.4, -0.2) is 38.7 Å². The Bertz CT molecular complexity index is 191. The van der Waals surface area contributed by atoms with Gasteiger partial charge in [0.2, 0.25) is 0 Å². The molecule has 0 saturated carbocycles. The van der Waals surface area contributed by atoms with Gasteiger partial charge in [0.1, 0.15) is 13.2 Å². The molecule has 0 aromatic carbocycles. The van der Waals surface area contributed by atoms with Crippen molar-refractivity contribution in [3.8, 4) is 0 Å². The third-order valence-electron chi connectivity index (χ3n) is 1.72. The molecule has 0 saturated heterocycles. The summed E-state index contributed by atoms with van der Waals surface area (Å²) in [6.45, 7) is 4.49. The normalized spacial score (nSPS) is 18.4. The van der Waals surface area contributed by atoms with Gasteiger partial charge in [0.25, 0.3) is 0 Å². The molecule has 0 aromatic heterocycles. The molecule has 0 N–H and O–H groups in total. The van der Waals surface area contributed by atoms with E-state index in [4.69, 9.17) is 9.47 Å². The first-order valence-electron chi connectivity index (χ1n) is 4.70. The van der Waals surface area contributed by atoms with Crippen molar-refractivity contribution >= 4 is 69.9 Å². The molecular weight excluding hydrogens is 476 g/mol. The molecule has 0 aliphatic carbocycles. The van der Waals surface area contributed by atoms with E-state index in [1.807, 2.05) is 13.8 Å². The van der Waals surface area contributed by atoms with E-state index < -0.39 is 6.16 Å². The van der Waals surface area contributed by atoms with Crippen molar-refractivity contribution in [1.29, 1.82) is 0 Å². The summed E-state index contributed by atoms with van der Waals surface area (Å²) in [5.41, 5.74) is 0. The first-order chi connectivity index (χ1) is 7.34. The van der Waals surface area contributed by atoms with Gasteiger partial charge < -0.3 is 9.47 Å². The molecule has 0 bridgehead atoms. The molecule has 96 valence electrons. The smallest absolute Gasteiger partial charge is 0.433 e. The maximum atomic E-state index is 11.2. The highest BCUT2D eigenvalue weighted by Gasteiger charge is 2.16. The molecule has 7 heteroatoms. The Kier molecular flexibility index (Phi) is 9.85. The first-order valence-corrected chi connectivity index (χ1v) is 8.36. The molecule has 16 heavy (non-hydrogen) atoms. The van der Waals surface area contributed by atoms with Crippen LogP contribution in [0.1, 0.15) is 13.8 Å². The van der Waals surface area contributed by atoms with Crippen LogP contribution in [0.2, 0.25) is 0 Å². The second kappa shape index (κ2) is 9.16. The number of hydrogen-bond donors (Lipinski definition) is 0. The summed E-state index contributed by atoms with van der Waals surface area (Å²) >= 11 is 13.5. The van der Waals surface area contributed by atoms with Gasteiger partial charge in [-0.1, -0.05) is 77.6 Å². The maximum absolute atomic E-state index is 11.2. The quantitative estimate of drug-likeness (QED) is 0.414. The van der Waals surface area contributed by atoms with Gasteiger partial charge in [-0.3, -0.25) is 0 Å². The third kappa shape index (κ3) is 8.31. The highest BCUT2D eigenvalue weighted by molar-refractivity contribution is 9.12. The van der Waals surface area contributed by atoms with E-state index in [1.165, 1.54) is 0 Å². The number of carbonyl (C=O) groups is 1. The topological polar surface area (TPSA) is 35.5 Å². The average Bonchev–Trinajstić information content (AvgIpc) is 2.21. The number of carbonyl (C=O) groups excluding carboxylic acids is 1. The average molecular weight is 490 g/mol. The van der Waals surface area contributed by atoms with Crippen molar-refractivity contribution in [1.82, 2.24) is 0 Å². The van der Waals surface area contributed by atoms with E-state index in [1.54, 1.807) is 0 Å². The van der Waals surface area contributed by atoms with Gasteiger partial charge in [-0.2, -0.15) is 0 Å². The van der Waals surface area contributed by atoms with Crippen molar-refractivity contribution in [2.75, 3.05) is 13.2 Å². The van der Waals surface area contributed by atoms with Crippen LogP contribution in [0.5, 0.6) is 0 Å². The van der Waals surface area contributed by atoms with Crippen molar-refractivity contribution in [2.24, 2.45) is 0 Å². The van der Waals surface area contributed by atoms with E-state index in [0.29, 0.717) is 0 Å². The molecule has 4 atom stereocenters. The summed E-state index contributed by atoms with van der Waals surface area (Å²) in [4.78, 5) is 11.8. The molecule has 0 rings (SSSR count). The Morgan fingerprint density at radius 1 is 0.938 bits per heavy atom. The SMILES string of the molecule is CC(Br)C(Br)COC(=O)OCC(Br)C(C)Br. The van der Waals surface area contributed by atoms with Crippen molar-refractivity contribution in [3.63, 3.8) is 0 Å². The summed E-state index contributed by atoms with van der Waals surface area (Å²) < 4.78 is 9.84. The predicted molar refractivity (Wildman–Crippen MR) is 79.5 cm³/mol. The van der Waals surface area contributed by atoms with Gasteiger partial charge >= 0.3 is 6.16 Å². The summed E-state index contributed by atoms with van der Waals surface area (Å²) in [6.07, 6.45) is -0.643. The van der Waals surface area contributed by atoms with Crippen LogP contribution in [0.15, 0.2) is 0 Å². The Hall–Kier alpha value is 1.19. The highest BCUT2D eigenvalue weighted by atomic mass is 79.9. The molecule has 3 nitrogen and oxygen atoms in total. The zero-order valence-electron chi connectivity index (χ0n) is 8.96.